The molecule has 1 heterocycles. The molecule has 0 saturated carbocycles. The maximum atomic E-state index is 12.0. The Kier molecular flexibility index (Phi) is 4.10. The van der Waals surface area contributed by atoms with Gasteiger partial charge in [-0.3, -0.25) is 9.59 Å². The summed E-state index contributed by atoms with van der Waals surface area (Å²) in [6.45, 7) is 0.00874. The lowest BCUT2D eigenvalue weighted by Crippen LogP contribution is -2.35. The second-order valence-corrected chi connectivity index (χ2v) is 5.16. The van der Waals surface area contributed by atoms with E-state index in [4.69, 9.17) is 4.74 Å². The molecule has 1 aliphatic heterocycles. The molecule has 1 aliphatic rings. The third-order valence-electron chi connectivity index (χ3n) is 3.54. The van der Waals surface area contributed by atoms with Crippen molar-refractivity contribution in [3.8, 4) is 5.75 Å². The number of likely N-dealkylation sites (N-methyl/N-ethyl adjacent to an activating group) is 1. The molecule has 0 spiro atoms. The first kappa shape index (κ1) is 14.8. The van der Waals surface area contributed by atoms with Crippen LogP contribution in [0.15, 0.2) is 54.6 Å². The molecule has 2 aromatic carbocycles. The van der Waals surface area contributed by atoms with Gasteiger partial charge >= 0.3 is 0 Å². The molecule has 116 valence electrons. The Balaban J connectivity index is 1.70. The number of nitrogens with zero attached hydrogens (tertiary/aromatic N) is 1. The zero-order chi connectivity index (χ0) is 16.2. The molecule has 0 radical (unpaired) electrons. The van der Waals surface area contributed by atoms with Gasteiger partial charge in [-0.1, -0.05) is 30.3 Å². The number of ether oxygens (including phenoxy) is 1. The summed E-state index contributed by atoms with van der Waals surface area (Å²) in [7, 11) is 1.70. The lowest BCUT2D eigenvalue weighted by molar-refractivity contribution is -0.121. The van der Waals surface area contributed by atoms with Crippen LogP contribution in [0.2, 0.25) is 0 Å². The number of carbonyl (C=O) groups excluding carboxylic acids is 2. The third-order valence-corrected chi connectivity index (χ3v) is 3.54. The Labute approximate surface area is 134 Å². The molecule has 3 rings (SSSR count). The fourth-order valence-electron chi connectivity index (χ4n) is 2.28. The second kappa shape index (κ2) is 6.36. The topological polar surface area (TPSA) is 58.6 Å². The Hall–Kier alpha value is -3.08. The summed E-state index contributed by atoms with van der Waals surface area (Å²) in [6, 6.07) is 14.8. The smallest absolute Gasteiger partial charge is 0.264 e. The Bertz CT molecular complexity index is 769. The quantitative estimate of drug-likeness (QED) is 0.887. The number of carbonyl (C=O) groups is 2. The molecule has 23 heavy (non-hydrogen) atoms. The lowest BCUT2D eigenvalue weighted by Gasteiger charge is -2.26. The zero-order valence-electron chi connectivity index (χ0n) is 12.7. The SMILES string of the molecule is CN1C(=O)COc2cc(NC(=O)/C=C/c3ccccc3)ccc21. The number of anilines is 2. The van der Waals surface area contributed by atoms with Gasteiger partial charge in [-0.25, -0.2) is 0 Å². The van der Waals surface area contributed by atoms with Crippen LogP contribution in [0.1, 0.15) is 5.56 Å². The Morgan fingerprint density at radius 2 is 2.00 bits per heavy atom. The van der Waals surface area contributed by atoms with E-state index >= 15 is 0 Å². The van der Waals surface area contributed by atoms with Crippen LogP contribution >= 0.6 is 0 Å². The van der Waals surface area contributed by atoms with Crippen LogP contribution in [0, 0.1) is 0 Å². The van der Waals surface area contributed by atoms with E-state index in [1.807, 2.05) is 30.3 Å². The summed E-state index contributed by atoms with van der Waals surface area (Å²) < 4.78 is 5.40. The average Bonchev–Trinajstić information content (AvgIpc) is 2.57. The number of rotatable bonds is 3. The van der Waals surface area contributed by atoms with Gasteiger partial charge in [0.2, 0.25) is 5.91 Å². The van der Waals surface area contributed by atoms with Crippen LogP contribution < -0.4 is 15.0 Å². The Morgan fingerprint density at radius 3 is 2.78 bits per heavy atom. The molecule has 5 nitrogen and oxygen atoms in total. The molecule has 0 atom stereocenters. The molecule has 1 N–H and O–H groups in total. The number of hydrogen-bond acceptors (Lipinski definition) is 3. The molecule has 2 amide bonds. The van der Waals surface area contributed by atoms with Gasteiger partial charge in [-0.2, -0.15) is 0 Å². The molecule has 5 heteroatoms. The van der Waals surface area contributed by atoms with Crippen molar-refractivity contribution in [1.29, 1.82) is 0 Å². The highest BCUT2D eigenvalue weighted by Crippen LogP contribution is 2.33. The minimum atomic E-state index is -0.228. The summed E-state index contributed by atoms with van der Waals surface area (Å²) >= 11 is 0. The van der Waals surface area contributed by atoms with Crippen LogP contribution in [0.25, 0.3) is 6.08 Å². The molecule has 0 bridgehead atoms. The van der Waals surface area contributed by atoms with Crippen molar-refractivity contribution in [2.75, 3.05) is 23.9 Å². The monoisotopic (exact) mass is 308 g/mol. The lowest BCUT2D eigenvalue weighted by atomic mass is 10.2. The highest BCUT2D eigenvalue weighted by Gasteiger charge is 2.22. The van der Waals surface area contributed by atoms with Crippen molar-refractivity contribution < 1.29 is 14.3 Å². The van der Waals surface area contributed by atoms with E-state index in [-0.39, 0.29) is 18.4 Å². The van der Waals surface area contributed by atoms with Crippen LogP contribution in [-0.4, -0.2) is 25.5 Å². The molecular weight excluding hydrogens is 292 g/mol. The van der Waals surface area contributed by atoms with E-state index in [2.05, 4.69) is 5.32 Å². The summed E-state index contributed by atoms with van der Waals surface area (Å²) in [5.41, 5.74) is 2.27. The number of fused-ring (bicyclic) bond motifs is 1. The normalized spacial score (nSPS) is 13.6. The summed E-state index contributed by atoms with van der Waals surface area (Å²) in [5.74, 6) is 0.256. The van der Waals surface area contributed by atoms with Gasteiger partial charge in [0.25, 0.3) is 5.91 Å². The molecule has 2 aromatic rings. The van der Waals surface area contributed by atoms with E-state index in [0.717, 1.165) is 5.56 Å². The third kappa shape index (κ3) is 3.40. The van der Waals surface area contributed by atoms with Crippen molar-refractivity contribution >= 4 is 29.3 Å². The van der Waals surface area contributed by atoms with Crippen molar-refractivity contribution in [1.82, 2.24) is 0 Å². The van der Waals surface area contributed by atoms with Crippen molar-refractivity contribution in [3.63, 3.8) is 0 Å². The van der Waals surface area contributed by atoms with E-state index in [0.29, 0.717) is 17.1 Å². The molecule has 0 fully saturated rings. The number of nitrogens with one attached hydrogen (secondary N) is 1. The van der Waals surface area contributed by atoms with Gasteiger partial charge in [0.1, 0.15) is 5.75 Å². The average molecular weight is 308 g/mol. The van der Waals surface area contributed by atoms with Gasteiger partial charge < -0.3 is 15.0 Å². The summed E-state index contributed by atoms with van der Waals surface area (Å²) in [4.78, 5) is 25.1. The predicted octanol–water partition coefficient (Wildman–Crippen LogP) is 2.69. The molecule has 0 saturated heterocycles. The minimum Gasteiger partial charge on any atom is -0.481 e. The van der Waals surface area contributed by atoms with Crippen molar-refractivity contribution in [2.45, 2.75) is 0 Å². The van der Waals surface area contributed by atoms with Crippen LogP contribution in [0.5, 0.6) is 5.75 Å². The van der Waals surface area contributed by atoms with Crippen molar-refractivity contribution in [2.24, 2.45) is 0 Å². The maximum absolute atomic E-state index is 12.0. The first-order chi connectivity index (χ1) is 11.1. The zero-order valence-corrected chi connectivity index (χ0v) is 12.7. The molecule has 0 aliphatic carbocycles. The standard InChI is InChI=1S/C18H16N2O3/c1-20-15-9-8-14(11-16(15)23-12-18(20)22)19-17(21)10-7-13-5-3-2-4-6-13/h2-11H,12H2,1H3,(H,19,21)/b10-7+. The van der Waals surface area contributed by atoms with E-state index < -0.39 is 0 Å². The predicted molar refractivity (Wildman–Crippen MR) is 89.5 cm³/mol. The minimum absolute atomic E-state index is 0.00874. The van der Waals surface area contributed by atoms with Crippen LogP contribution in [0.3, 0.4) is 0 Å². The van der Waals surface area contributed by atoms with Gasteiger partial charge in [0.05, 0.1) is 5.69 Å². The van der Waals surface area contributed by atoms with E-state index in [9.17, 15) is 9.59 Å². The first-order valence-electron chi connectivity index (χ1n) is 7.21. The highest BCUT2D eigenvalue weighted by molar-refractivity contribution is 6.03. The molecular formula is C18H16N2O3. The van der Waals surface area contributed by atoms with E-state index in [1.54, 1.807) is 36.2 Å². The summed E-state index contributed by atoms with van der Waals surface area (Å²) in [5, 5.41) is 2.78. The highest BCUT2D eigenvalue weighted by atomic mass is 16.5. The van der Waals surface area contributed by atoms with Gasteiger partial charge in [-0.15, -0.1) is 0 Å². The largest absolute Gasteiger partial charge is 0.481 e. The number of hydrogen-bond donors (Lipinski definition) is 1. The van der Waals surface area contributed by atoms with Gasteiger partial charge in [0.15, 0.2) is 6.61 Å². The van der Waals surface area contributed by atoms with Crippen molar-refractivity contribution in [3.05, 3.63) is 60.2 Å². The molecule has 0 aromatic heterocycles. The van der Waals surface area contributed by atoms with Gasteiger partial charge in [-0.05, 0) is 23.8 Å². The van der Waals surface area contributed by atoms with Crippen LogP contribution in [-0.2, 0) is 9.59 Å². The van der Waals surface area contributed by atoms with Gasteiger partial charge in [0, 0.05) is 24.9 Å². The van der Waals surface area contributed by atoms with Crippen LogP contribution in [0.4, 0.5) is 11.4 Å². The first-order valence-corrected chi connectivity index (χ1v) is 7.21. The van der Waals surface area contributed by atoms with E-state index in [1.165, 1.54) is 6.08 Å². The number of benzene rings is 2. The summed E-state index contributed by atoms with van der Waals surface area (Å²) in [6.07, 6.45) is 3.22. The fourth-order valence-corrected chi connectivity index (χ4v) is 2.28. The maximum Gasteiger partial charge on any atom is 0.264 e. The fraction of sp³-hybridized carbons (Fsp3) is 0.111. The second-order valence-electron chi connectivity index (χ2n) is 5.16. The molecule has 0 unspecified atom stereocenters. The Morgan fingerprint density at radius 1 is 1.22 bits per heavy atom. The number of amides is 2.